The van der Waals surface area contributed by atoms with Gasteiger partial charge in [0.15, 0.2) is 0 Å². The van der Waals surface area contributed by atoms with Gasteiger partial charge in [0.25, 0.3) is 4.96 Å². The van der Waals surface area contributed by atoms with Gasteiger partial charge in [-0.05, 0) is 11.0 Å². The van der Waals surface area contributed by atoms with Gasteiger partial charge < -0.3 is 15.4 Å². The number of fused-ring (bicyclic) bond motifs is 1. The van der Waals surface area contributed by atoms with E-state index < -0.39 is 4.92 Å². The maximum absolute atomic E-state index is 11.1. The van der Waals surface area contributed by atoms with Crippen molar-refractivity contribution in [3.63, 3.8) is 0 Å². The lowest BCUT2D eigenvalue weighted by Gasteiger charge is -2.02. The third-order valence-corrected chi connectivity index (χ3v) is 3.25. The van der Waals surface area contributed by atoms with Crippen molar-refractivity contribution in [2.24, 2.45) is 0 Å². The standard InChI is InChI=1S/C10H8N6O2S/c17-16(18)9-8(14-10-15(9)3-4-19-10)12-5-7-1-2-11-6-13-7/h1-4,6,12H,5H2. The molecule has 96 valence electrons. The minimum Gasteiger partial charge on any atom is -0.358 e. The van der Waals surface area contributed by atoms with Crippen LogP contribution < -0.4 is 5.32 Å². The Labute approximate surface area is 110 Å². The quantitative estimate of drug-likeness (QED) is 0.575. The molecule has 0 unspecified atom stereocenters. The minimum atomic E-state index is -0.449. The Kier molecular flexibility index (Phi) is 2.80. The van der Waals surface area contributed by atoms with E-state index in [1.807, 2.05) is 0 Å². The molecule has 1 N–H and O–H groups in total. The van der Waals surface area contributed by atoms with Crippen LogP contribution in [0.3, 0.4) is 0 Å². The first kappa shape index (κ1) is 11.5. The van der Waals surface area contributed by atoms with Crippen molar-refractivity contribution in [1.82, 2.24) is 19.4 Å². The normalized spacial score (nSPS) is 10.7. The molecule has 0 aromatic carbocycles. The van der Waals surface area contributed by atoms with Gasteiger partial charge in [-0.2, -0.15) is 9.38 Å². The third-order valence-electron chi connectivity index (χ3n) is 2.49. The number of hydrogen-bond acceptors (Lipinski definition) is 7. The predicted octanol–water partition coefficient (Wildman–Crippen LogP) is 1.71. The smallest absolute Gasteiger partial charge is 0.358 e. The molecule has 0 aliphatic rings. The summed E-state index contributed by atoms with van der Waals surface area (Å²) in [5, 5.41) is 15.8. The Bertz CT molecular complexity index is 722. The lowest BCUT2D eigenvalue weighted by atomic mass is 10.4. The average Bonchev–Trinajstić information content (AvgIpc) is 2.96. The summed E-state index contributed by atoms with van der Waals surface area (Å²) >= 11 is 1.34. The molecule has 0 aliphatic carbocycles. The number of nitrogens with one attached hydrogen (secondary N) is 1. The largest absolute Gasteiger partial charge is 0.372 e. The molecule has 19 heavy (non-hydrogen) atoms. The Morgan fingerprint density at radius 3 is 3.16 bits per heavy atom. The predicted molar refractivity (Wildman–Crippen MR) is 69.1 cm³/mol. The van der Waals surface area contributed by atoms with E-state index in [0.717, 1.165) is 5.69 Å². The van der Waals surface area contributed by atoms with Crippen LogP contribution >= 0.6 is 11.3 Å². The topological polar surface area (TPSA) is 98.2 Å². The van der Waals surface area contributed by atoms with Gasteiger partial charge in [-0.25, -0.2) is 9.97 Å². The summed E-state index contributed by atoms with van der Waals surface area (Å²) < 4.78 is 1.45. The Morgan fingerprint density at radius 2 is 2.42 bits per heavy atom. The molecule has 0 amide bonds. The average molecular weight is 276 g/mol. The van der Waals surface area contributed by atoms with E-state index in [0.29, 0.717) is 11.5 Å². The van der Waals surface area contributed by atoms with E-state index in [4.69, 9.17) is 0 Å². The molecule has 3 heterocycles. The summed E-state index contributed by atoms with van der Waals surface area (Å²) in [7, 11) is 0. The van der Waals surface area contributed by atoms with Crippen LogP contribution in [0.5, 0.6) is 0 Å². The van der Waals surface area contributed by atoms with Crippen molar-refractivity contribution >= 4 is 27.9 Å². The summed E-state index contributed by atoms with van der Waals surface area (Å²) in [5.41, 5.74) is 0.737. The van der Waals surface area contributed by atoms with Crippen molar-refractivity contribution in [3.8, 4) is 0 Å². The second kappa shape index (κ2) is 4.61. The molecule has 0 radical (unpaired) electrons. The van der Waals surface area contributed by atoms with Crippen LogP contribution in [0.2, 0.25) is 0 Å². The van der Waals surface area contributed by atoms with Gasteiger partial charge in [-0.3, -0.25) is 0 Å². The number of rotatable bonds is 4. The molecule has 0 fully saturated rings. The lowest BCUT2D eigenvalue weighted by molar-refractivity contribution is -0.389. The number of hydrogen-bond donors (Lipinski definition) is 1. The number of nitrogens with zero attached hydrogens (tertiary/aromatic N) is 5. The molecule has 0 spiro atoms. The molecule has 3 aromatic rings. The highest BCUT2D eigenvalue weighted by atomic mass is 32.1. The van der Waals surface area contributed by atoms with Crippen LogP contribution in [0.1, 0.15) is 5.69 Å². The van der Waals surface area contributed by atoms with Gasteiger partial charge in [0.05, 0.1) is 12.2 Å². The summed E-state index contributed by atoms with van der Waals surface area (Å²) in [6.07, 6.45) is 4.67. The van der Waals surface area contributed by atoms with Gasteiger partial charge in [0.1, 0.15) is 12.5 Å². The fourth-order valence-electron chi connectivity index (χ4n) is 1.66. The highest BCUT2D eigenvalue weighted by molar-refractivity contribution is 7.15. The molecule has 3 aromatic heterocycles. The maximum atomic E-state index is 11.1. The third kappa shape index (κ3) is 2.10. The van der Waals surface area contributed by atoms with Crippen molar-refractivity contribution in [3.05, 3.63) is 46.0 Å². The first-order valence-corrected chi connectivity index (χ1v) is 6.22. The Morgan fingerprint density at radius 1 is 1.53 bits per heavy atom. The first-order chi connectivity index (χ1) is 9.25. The molecular formula is C10H8N6O2S. The lowest BCUT2D eigenvalue weighted by Crippen LogP contribution is -2.04. The molecule has 0 aliphatic heterocycles. The zero-order valence-corrected chi connectivity index (χ0v) is 10.4. The monoisotopic (exact) mass is 276 g/mol. The number of anilines is 1. The van der Waals surface area contributed by atoms with E-state index in [1.54, 1.807) is 23.8 Å². The molecule has 0 bridgehead atoms. The van der Waals surface area contributed by atoms with Crippen molar-refractivity contribution in [1.29, 1.82) is 0 Å². The number of imidazole rings is 1. The van der Waals surface area contributed by atoms with Crippen molar-refractivity contribution < 1.29 is 4.92 Å². The zero-order chi connectivity index (χ0) is 13.2. The number of aromatic nitrogens is 4. The van der Waals surface area contributed by atoms with Crippen LogP contribution in [0.4, 0.5) is 11.6 Å². The number of nitro groups is 1. The van der Waals surface area contributed by atoms with Crippen LogP contribution in [-0.4, -0.2) is 24.3 Å². The van der Waals surface area contributed by atoms with Gasteiger partial charge >= 0.3 is 5.82 Å². The molecule has 8 nitrogen and oxygen atoms in total. The van der Waals surface area contributed by atoms with Gasteiger partial charge in [0, 0.05) is 11.6 Å². The highest BCUT2D eigenvalue weighted by Gasteiger charge is 2.23. The Balaban J connectivity index is 1.90. The van der Waals surface area contributed by atoms with Crippen molar-refractivity contribution in [2.75, 3.05) is 5.32 Å². The van der Waals surface area contributed by atoms with Crippen LogP contribution in [0, 0.1) is 10.1 Å². The molecule has 0 saturated carbocycles. The van der Waals surface area contributed by atoms with Crippen LogP contribution in [0.25, 0.3) is 4.96 Å². The molecule has 9 heteroatoms. The Hall–Kier alpha value is -2.55. The van der Waals surface area contributed by atoms with E-state index >= 15 is 0 Å². The van der Waals surface area contributed by atoms with E-state index in [-0.39, 0.29) is 11.6 Å². The summed E-state index contributed by atoms with van der Waals surface area (Å²) in [4.78, 5) is 23.3. The second-order valence-electron chi connectivity index (χ2n) is 3.65. The van der Waals surface area contributed by atoms with Crippen LogP contribution in [-0.2, 0) is 6.54 Å². The highest BCUT2D eigenvalue weighted by Crippen LogP contribution is 2.28. The SMILES string of the molecule is O=[N+]([O-])c1c(NCc2ccncn2)nc2sccn12. The van der Waals surface area contributed by atoms with Gasteiger partial charge in [-0.1, -0.05) is 11.3 Å². The van der Waals surface area contributed by atoms with Gasteiger partial charge in [0.2, 0.25) is 5.82 Å². The fourth-order valence-corrected chi connectivity index (χ4v) is 2.37. The van der Waals surface area contributed by atoms with E-state index in [9.17, 15) is 10.1 Å². The van der Waals surface area contributed by atoms with E-state index in [1.165, 1.54) is 22.1 Å². The summed E-state index contributed by atoms with van der Waals surface area (Å²) in [6, 6.07) is 1.73. The second-order valence-corrected chi connectivity index (χ2v) is 4.52. The molecular weight excluding hydrogens is 268 g/mol. The maximum Gasteiger partial charge on any atom is 0.372 e. The van der Waals surface area contributed by atoms with E-state index in [2.05, 4.69) is 20.3 Å². The fraction of sp³-hybridized carbons (Fsp3) is 0.100. The molecule has 3 rings (SSSR count). The first-order valence-electron chi connectivity index (χ1n) is 5.34. The van der Waals surface area contributed by atoms with Crippen LogP contribution in [0.15, 0.2) is 30.2 Å². The molecule has 0 atom stereocenters. The summed E-state index contributed by atoms with van der Waals surface area (Å²) in [6.45, 7) is 0.355. The van der Waals surface area contributed by atoms with Crippen molar-refractivity contribution in [2.45, 2.75) is 6.54 Å². The minimum absolute atomic E-state index is 0.0645. The summed E-state index contributed by atoms with van der Waals surface area (Å²) in [5.74, 6) is 0.181. The zero-order valence-electron chi connectivity index (χ0n) is 9.55. The molecule has 0 saturated heterocycles. The number of thiazole rings is 1. The van der Waals surface area contributed by atoms with Gasteiger partial charge in [-0.15, -0.1) is 0 Å².